The molecule has 3 aromatic carbocycles. The first-order valence-corrected chi connectivity index (χ1v) is 14.4. The van der Waals surface area contributed by atoms with Crippen LogP contribution in [0.5, 0.6) is 11.5 Å². The van der Waals surface area contributed by atoms with Crippen LogP contribution in [0.2, 0.25) is 0 Å². The van der Waals surface area contributed by atoms with E-state index in [9.17, 15) is 13.2 Å². The average molecular weight is 552 g/mol. The molecular weight excluding hydrogens is 518 g/mol. The van der Waals surface area contributed by atoms with Gasteiger partial charge in [-0.25, -0.2) is 18.4 Å². The van der Waals surface area contributed by atoms with E-state index in [0.717, 1.165) is 37.1 Å². The zero-order chi connectivity index (χ0) is 27.6. The van der Waals surface area contributed by atoms with Gasteiger partial charge in [-0.1, -0.05) is 24.3 Å². The Morgan fingerprint density at radius 3 is 1.92 bits per heavy atom. The van der Waals surface area contributed by atoms with Crippen LogP contribution in [0.1, 0.15) is 35.1 Å². The quantitative estimate of drug-likeness (QED) is 0.439. The molecule has 0 radical (unpaired) electrons. The van der Waals surface area contributed by atoms with Crippen molar-refractivity contribution < 1.29 is 27.4 Å². The minimum absolute atomic E-state index is 0.0368. The van der Waals surface area contributed by atoms with E-state index in [1.807, 2.05) is 48.5 Å². The van der Waals surface area contributed by atoms with Crippen LogP contribution in [-0.4, -0.2) is 54.0 Å². The second-order valence-corrected chi connectivity index (χ2v) is 11.6. The van der Waals surface area contributed by atoms with Gasteiger partial charge in [0, 0.05) is 12.8 Å². The molecule has 206 valence electrons. The lowest BCUT2D eigenvalue weighted by molar-refractivity contribution is 0.0316. The van der Waals surface area contributed by atoms with Crippen molar-refractivity contribution in [3.05, 3.63) is 82.9 Å². The van der Waals surface area contributed by atoms with Gasteiger partial charge in [0.2, 0.25) is 10.0 Å². The van der Waals surface area contributed by atoms with Crippen molar-refractivity contribution >= 4 is 21.8 Å². The van der Waals surface area contributed by atoms with Gasteiger partial charge in [0.25, 0.3) is 0 Å². The van der Waals surface area contributed by atoms with Crippen LogP contribution in [0.4, 0.5) is 10.5 Å². The van der Waals surface area contributed by atoms with Crippen molar-refractivity contribution in [3.8, 4) is 11.5 Å². The molecule has 2 heterocycles. The molecule has 2 aliphatic rings. The minimum Gasteiger partial charge on any atom is -0.497 e. The highest BCUT2D eigenvalue weighted by Crippen LogP contribution is 2.39. The molecule has 39 heavy (non-hydrogen) atoms. The second-order valence-electron chi connectivity index (χ2n) is 10.0. The molecule has 0 bridgehead atoms. The number of rotatable bonds is 8. The van der Waals surface area contributed by atoms with Crippen LogP contribution in [0.25, 0.3) is 0 Å². The molecule has 2 aliphatic heterocycles. The number of amides is 1. The molecule has 0 aliphatic carbocycles. The topological polar surface area (TPSA) is 120 Å². The summed E-state index contributed by atoms with van der Waals surface area (Å²) < 4.78 is 42.1. The fourth-order valence-electron chi connectivity index (χ4n) is 5.42. The third-order valence-electron chi connectivity index (χ3n) is 7.53. The zero-order valence-corrected chi connectivity index (χ0v) is 22.9. The molecule has 9 nitrogen and oxygen atoms in total. The highest BCUT2D eigenvalue weighted by molar-refractivity contribution is 7.89. The normalized spacial score (nSPS) is 16.8. The number of hydrogen-bond acceptors (Lipinski definition) is 7. The number of carbonyl (C=O) groups excluding carboxylic acids is 1. The molecule has 2 saturated heterocycles. The van der Waals surface area contributed by atoms with Gasteiger partial charge < -0.3 is 19.5 Å². The van der Waals surface area contributed by atoms with Gasteiger partial charge in [-0.05, 0) is 84.6 Å². The summed E-state index contributed by atoms with van der Waals surface area (Å²) in [6.07, 6.45) is 1.69. The molecular formula is C29H33N3O6S. The van der Waals surface area contributed by atoms with Gasteiger partial charge in [0.15, 0.2) is 0 Å². The maximum atomic E-state index is 13.3. The van der Waals surface area contributed by atoms with E-state index < -0.39 is 21.7 Å². The van der Waals surface area contributed by atoms with Gasteiger partial charge in [0.1, 0.15) is 17.1 Å². The molecule has 3 aromatic rings. The Morgan fingerprint density at radius 1 is 0.872 bits per heavy atom. The van der Waals surface area contributed by atoms with Crippen LogP contribution >= 0.6 is 0 Å². The van der Waals surface area contributed by atoms with Crippen LogP contribution in [0.3, 0.4) is 0 Å². The van der Waals surface area contributed by atoms with Crippen LogP contribution < -0.4 is 24.8 Å². The number of anilines is 1. The maximum Gasteiger partial charge on any atom is 0.415 e. The van der Waals surface area contributed by atoms with Gasteiger partial charge in [-0.2, -0.15) is 0 Å². The molecule has 0 aromatic heterocycles. The lowest BCUT2D eigenvalue weighted by atomic mass is 9.90. The molecule has 1 spiro atoms. The monoisotopic (exact) mass is 551 g/mol. The summed E-state index contributed by atoms with van der Waals surface area (Å²) in [5.74, 6) is 1.41. The molecule has 0 atom stereocenters. The van der Waals surface area contributed by atoms with Crippen molar-refractivity contribution in [1.29, 1.82) is 0 Å². The Balaban J connectivity index is 1.64. The Morgan fingerprint density at radius 2 is 1.41 bits per heavy atom. The Labute approximate surface area is 228 Å². The van der Waals surface area contributed by atoms with E-state index in [-0.39, 0.29) is 4.90 Å². The molecule has 2 fully saturated rings. The summed E-state index contributed by atoms with van der Waals surface area (Å²) in [6, 6.07) is 18.2. The number of ether oxygens (including phenoxy) is 3. The lowest BCUT2D eigenvalue weighted by Crippen LogP contribution is -2.45. The van der Waals surface area contributed by atoms with E-state index >= 15 is 0 Å². The number of nitrogens with two attached hydrogens (primary N) is 1. The van der Waals surface area contributed by atoms with Crippen molar-refractivity contribution in [1.82, 2.24) is 5.32 Å². The molecule has 3 N–H and O–H groups in total. The predicted molar refractivity (Wildman–Crippen MR) is 148 cm³/mol. The Bertz CT molecular complexity index is 1450. The highest BCUT2D eigenvalue weighted by atomic mass is 32.2. The average Bonchev–Trinajstić information content (AvgIpc) is 3.24. The summed E-state index contributed by atoms with van der Waals surface area (Å²) in [6.45, 7) is 1.94. The van der Waals surface area contributed by atoms with Gasteiger partial charge in [-0.3, -0.25) is 4.90 Å². The third kappa shape index (κ3) is 5.73. The summed E-state index contributed by atoms with van der Waals surface area (Å²) in [7, 11) is -0.866. The van der Waals surface area contributed by atoms with Gasteiger partial charge in [0.05, 0.1) is 31.3 Å². The molecule has 0 saturated carbocycles. The van der Waals surface area contributed by atoms with Crippen molar-refractivity contribution in [2.45, 2.75) is 36.2 Å². The number of sulfonamides is 1. The number of hydrogen-bond donors (Lipinski definition) is 2. The third-order valence-corrected chi connectivity index (χ3v) is 8.52. The van der Waals surface area contributed by atoms with Gasteiger partial charge >= 0.3 is 6.09 Å². The first-order chi connectivity index (χ1) is 18.7. The lowest BCUT2D eigenvalue weighted by Gasteiger charge is -2.31. The molecule has 1 amide bonds. The fraction of sp³-hybridized carbons (Fsp3) is 0.345. The fourth-order valence-corrected chi connectivity index (χ4v) is 6.21. The van der Waals surface area contributed by atoms with E-state index in [1.54, 1.807) is 25.2 Å². The predicted octanol–water partition coefficient (Wildman–Crippen LogP) is 3.61. The van der Waals surface area contributed by atoms with E-state index in [2.05, 4.69) is 5.32 Å². The maximum absolute atomic E-state index is 13.3. The molecule has 0 unspecified atom stereocenters. The summed E-state index contributed by atoms with van der Waals surface area (Å²) in [5, 5.41) is 9.04. The number of methoxy groups -OCH3 is 2. The van der Waals surface area contributed by atoms with Gasteiger partial charge in [-0.15, -0.1) is 0 Å². The zero-order valence-electron chi connectivity index (χ0n) is 22.1. The first kappa shape index (κ1) is 27.0. The van der Waals surface area contributed by atoms with Crippen LogP contribution in [0, 0.1) is 0 Å². The first-order valence-electron chi connectivity index (χ1n) is 12.9. The van der Waals surface area contributed by atoms with Crippen LogP contribution in [-0.2, 0) is 27.6 Å². The largest absolute Gasteiger partial charge is 0.497 e. The smallest absolute Gasteiger partial charge is 0.415 e. The Hall–Kier alpha value is -3.60. The Kier molecular flexibility index (Phi) is 7.53. The van der Waals surface area contributed by atoms with E-state index in [4.69, 9.17) is 19.3 Å². The van der Waals surface area contributed by atoms with Crippen molar-refractivity contribution in [2.24, 2.45) is 5.14 Å². The number of carbonyl (C=O) groups is 1. The summed E-state index contributed by atoms with van der Waals surface area (Å²) in [4.78, 5) is 15.0. The number of primary sulfonamides is 1. The SMILES string of the molecule is COc1ccc(Cc2c(N3CC4(CCNCC4)OC3=O)ccc(S(N)(=O)=O)c2Cc2ccc(OC)cc2)cc1. The van der Waals surface area contributed by atoms with Crippen molar-refractivity contribution in [2.75, 3.05) is 38.8 Å². The van der Waals surface area contributed by atoms with E-state index in [1.165, 1.54) is 6.07 Å². The number of piperidine rings is 1. The molecule has 10 heteroatoms. The van der Waals surface area contributed by atoms with Crippen LogP contribution in [0.15, 0.2) is 65.6 Å². The second kappa shape index (κ2) is 10.9. The summed E-state index contributed by atoms with van der Waals surface area (Å²) in [5.41, 5.74) is 3.15. The number of nitrogens with one attached hydrogen (secondary N) is 1. The molecule has 5 rings (SSSR count). The highest BCUT2D eigenvalue weighted by Gasteiger charge is 2.47. The standard InChI is InChI=1S/C29H33N3O6S/c1-36-22-7-3-20(4-8-22)17-24-25(18-21-5-9-23(37-2)10-6-21)27(39(30,34)35)12-11-26(24)32-19-29(38-28(32)33)13-15-31-16-14-29/h3-12,31H,13-19H2,1-2H3,(H2,30,34,35). The number of nitrogens with zero attached hydrogens (tertiary/aromatic N) is 1. The number of benzene rings is 3. The van der Waals surface area contributed by atoms with Crippen molar-refractivity contribution in [3.63, 3.8) is 0 Å². The summed E-state index contributed by atoms with van der Waals surface area (Å²) >= 11 is 0. The van der Waals surface area contributed by atoms with E-state index in [0.29, 0.717) is 47.7 Å². The minimum atomic E-state index is -4.06.